The predicted molar refractivity (Wildman–Crippen MR) is 66.0 cm³/mol. The molecule has 0 aliphatic rings. The smallest absolute Gasteiger partial charge is 0.385 e. The summed E-state index contributed by atoms with van der Waals surface area (Å²) in [6, 6.07) is 3.21. The average molecular weight is 275 g/mol. The summed E-state index contributed by atoms with van der Waals surface area (Å²) in [6.07, 6.45) is -2.95. The van der Waals surface area contributed by atoms with Gasteiger partial charge in [-0.3, -0.25) is 9.78 Å². The molecule has 0 unspecified atom stereocenters. The van der Waals surface area contributed by atoms with E-state index in [0.29, 0.717) is 0 Å². The Hall–Kier alpha value is -1.79. The second-order valence-corrected chi connectivity index (χ2v) is 3.98. The Morgan fingerprint density at radius 1 is 1.37 bits per heavy atom. The third-order valence-corrected chi connectivity index (χ3v) is 2.27. The van der Waals surface area contributed by atoms with Crippen LogP contribution in [-0.4, -0.2) is 30.2 Å². The summed E-state index contributed by atoms with van der Waals surface area (Å²) in [5.74, 6) is -0.607. The first-order chi connectivity index (χ1) is 8.92. The van der Waals surface area contributed by atoms with Gasteiger partial charge in [-0.25, -0.2) is 0 Å². The molecule has 2 N–H and O–H groups in total. The van der Waals surface area contributed by atoms with Crippen LogP contribution in [0.3, 0.4) is 0 Å². The van der Waals surface area contributed by atoms with E-state index in [1.807, 2.05) is 6.92 Å². The number of alkyl halides is 3. The number of halogens is 3. The summed E-state index contributed by atoms with van der Waals surface area (Å²) in [5.41, 5.74) is 0.820. The number of pyridine rings is 1. The summed E-state index contributed by atoms with van der Waals surface area (Å²) in [6.45, 7) is 2.30. The number of nitrogens with zero attached hydrogens (tertiary/aromatic N) is 1. The van der Waals surface area contributed by atoms with Gasteiger partial charge in [-0.2, -0.15) is 13.2 Å². The van der Waals surface area contributed by atoms with Crippen molar-refractivity contribution >= 4 is 11.6 Å². The number of hydrogen-bond acceptors (Lipinski definition) is 3. The molecule has 0 fully saturated rings. The Kier molecular flexibility index (Phi) is 5.59. The van der Waals surface area contributed by atoms with E-state index in [4.69, 9.17) is 0 Å². The van der Waals surface area contributed by atoms with Crippen LogP contribution in [0.1, 0.15) is 30.3 Å². The van der Waals surface area contributed by atoms with Gasteiger partial charge < -0.3 is 10.6 Å². The summed E-state index contributed by atoms with van der Waals surface area (Å²) in [4.78, 5) is 15.4. The highest BCUT2D eigenvalue weighted by molar-refractivity contribution is 5.93. The number of nitrogens with one attached hydrogen (secondary N) is 2. The maximum Gasteiger partial charge on any atom is 0.390 e. The van der Waals surface area contributed by atoms with Gasteiger partial charge in [0.25, 0.3) is 5.91 Å². The highest BCUT2D eigenvalue weighted by Gasteiger charge is 2.26. The molecule has 0 saturated carbocycles. The molecule has 0 radical (unpaired) electrons. The van der Waals surface area contributed by atoms with Crippen molar-refractivity contribution in [2.24, 2.45) is 0 Å². The van der Waals surface area contributed by atoms with Gasteiger partial charge in [-0.15, -0.1) is 0 Å². The van der Waals surface area contributed by atoms with Crippen LogP contribution in [0.2, 0.25) is 0 Å². The normalized spacial score (nSPS) is 11.2. The molecule has 0 saturated heterocycles. The largest absolute Gasteiger partial charge is 0.390 e. The number of aromatic nitrogens is 1. The Morgan fingerprint density at radius 2 is 2.11 bits per heavy atom. The van der Waals surface area contributed by atoms with Crippen molar-refractivity contribution in [2.45, 2.75) is 25.9 Å². The predicted octanol–water partition coefficient (Wildman–Crippen LogP) is 2.59. The molecule has 1 aromatic heterocycles. The summed E-state index contributed by atoms with van der Waals surface area (Å²) >= 11 is 0. The van der Waals surface area contributed by atoms with E-state index >= 15 is 0 Å². The van der Waals surface area contributed by atoms with Crippen LogP contribution in [0.5, 0.6) is 0 Å². The highest BCUT2D eigenvalue weighted by Crippen LogP contribution is 2.18. The minimum atomic E-state index is -4.27. The molecule has 0 aliphatic heterocycles. The molecular formula is C12H16F3N3O. The molecule has 4 nitrogen and oxygen atoms in total. The maximum absolute atomic E-state index is 11.9. The summed E-state index contributed by atoms with van der Waals surface area (Å²) in [5, 5.41) is 5.26. The number of carbonyl (C=O) groups excluding carboxylic acids is 1. The lowest BCUT2D eigenvalue weighted by Gasteiger charge is -2.09. The molecule has 0 aromatic carbocycles. The second-order valence-electron chi connectivity index (χ2n) is 3.98. The fraction of sp³-hybridized carbons (Fsp3) is 0.500. The zero-order valence-corrected chi connectivity index (χ0v) is 10.5. The topological polar surface area (TPSA) is 54.0 Å². The van der Waals surface area contributed by atoms with E-state index < -0.39 is 25.0 Å². The van der Waals surface area contributed by atoms with Crippen LogP contribution < -0.4 is 10.6 Å². The van der Waals surface area contributed by atoms with Crippen LogP contribution in [-0.2, 0) is 0 Å². The van der Waals surface area contributed by atoms with E-state index in [0.717, 1.165) is 18.7 Å². The summed E-state index contributed by atoms with van der Waals surface area (Å²) in [7, 11) is 0. The van der Waals surface area contributed by atoms with E-state index in [1.54, 1.807) is 6.07 Å². The lowest BCUT2D eigenvalue weighted by Crippen LogP contribution is -2.28. The Bertz CT molecular complexity index is 421. The van der Waals surface area contributed by atoms with Crippen LogP contribution in [0.4, 0.5) is 18.9 Å². The van der Waals surface area contributed by atoms with Gasteiger partial charge in [0.2, 0.25) is 0 Å². The van der Waals surface area contributed by atoms with Gasteiger partial charge in [0.1, 0.15) is 5.69 Å². The van der Waals surface area contributed by atoms with Gasteiger partial charge in [0.05, 0.1) is 6.42 Å². The number of anilines is 1. The number of amides is 1. The van der Waals surface area contributed by atoms with Crippen LogP contribution in [0, 0.1) is 0 Å². The van der Waals surface area contributed by atoms with Gasteiger partial charge in [-0.1, -0.05) is 6.92 Å². The molecular weight excluding hydrogens is 259 g/mol. The molecule has 0 aliphatic carbocycles. The zero-order chi connectivity index (χ0) is 14.3. The van der Waals surface area contributed by atoms with Crippen LogP contribution in [0.15, 0.2) is 18.3 Å². The molecule has 0 atom stereocenters. The van der Waals surface area contributed by atoms with Crippen molar-refractivity contribution in [1.29, 1.82) is 0 Å². The molecule has 19 heavy (non-hydrogen) atoms. The van der Waals surface area contributed by atoms with Gasteiger partial charge in [0, 0.05) is 25.0 Å². The van der Waals surface area contributed by atoms with Gasteiger partial charge in [0.15, 0.2) is 0 Å². The van der Waals surface area contributed by atoms with Crippen molar-refractivity contribution < 1.29 is 18.0 Å². The van der Waals surface area contributed by atoms with Crippen molar-refractivity contribution in [3.8, 4) is 0 Å². The number of hydrogen-bond donors (Lipinski definition) is 2. The van der Waals surface area contributed by atoms with Crippen molar-refractivity contribution in [3.05, 3.63) is 24.0 Å². The van der Waals surface area contributed by atoms with Crippen molar-refractivity contribution in [3.63, 3.8) is 0 Å². The maximum atomic E-state index is 11.9. The molecule has 1 aromatic rings. The Morgan fingerprint density at radius 3 is 2.74 bits per heavy atom. The minimum absolute atomic E-state index is 0.100. The third-order valence-electron chi connectivity index (χ3n) is 2.27. The number of rotatable bonds is 6. The highest BCUT2D eigenvalue weighted by atomic mass is 19.4. The monoisotopic (exact) mass is 275 g/mol. The fourth-order valence-corrected chi connectivity index (χ4v) is 1.34. The first-order valence-electron chi connectivity index (χ1n) is 5.97. The first kappa shape index (κ1) is 15.3. The van der Waals surface area contributed by atoms with Gasteiger partial charge >= 0.3 is 6.18 Å². The molecule has 0 bridgehead atoms. The van der Waals surface area contributed by atoms with Crippen LogP contribution in [0.25, 0.3) is 0 Å². The van der Waals surface area contributed by atoms with E-state index in [1.165, 1.54) is 12.3 Å². The Balaban J connectivity index is 2.52. The van der Waals surface area contributed by atoms with E-state index in [2.05, 4.69) is 15.6 Å². The van der Waals surface area contributed by atoms with Crippen molar-refractivity contribution in [2.75, 3.05) is 18.4 Å². The molecule has 106 valence electrons. The molecule has 1 heterocycles. The number of carbonyl (C=O) groups is 1. The fourth-order valence-electron chi connectivity index (χ4n) is 1.34. The first-order valence-corrected chi connectivity index (χ1v) is 5.97. The molecule has 7 heteroatoms. The van der Waals surface area contributed by atoms with E-state index in [9.17, 15) is 18.0 Å². The van der Waals surface area contributed by atoms with Crippen molar-refractivity contribution in [1.82, 2.24) is 10.3 Å². The third kappa shape index (κ3) is 6.08. The second kappa shape index (κ2) is 6.96. The lowest BCUT2D eigenvalue weighted by atomic mass is 10.3. The Labute approximate surface area is 109 Å². The minimum Gasteiger partial charge on any atom is -0.385 e. The molecule has 1 amide bonds. The zero-order valence-electron chi connectivity index (χ0n) is 10.5. The molecule has 0 spiro atoms. The standard InChI is InChI=1S/C12H16F3N3O/c1-2-5-16-9-3-6-17-10(8-9)11(19)18-7-4-12(13,14)15/h3,6,8H,2,4-5,7H2,1H3,(H,16,17)(H,18,19). The average Bonchev–Trinajstić information content (AvgIpc) is 2.35. The SMILES string of the molecule is CCCNc1ccnc(C(=O)NCCC(F)(F)F)c1. The van der Waals surface area contributed by atoms with E-state index in [-0.39, 0.29) is 5.69 Å². The van der Waals surface area contributed by atoms with Crippen LogP contribution >= 0.6 is 0 Å². The van der Waals surface area contributed by atoms with Gasteiger partial charge in [-0.05, 0) is 18.6 Å². The molecule has 1 rings (SSSR count). The summed E-state index contributed by atoms with van der Waals surface area (Å²) < 4.78 is 35.8. The lowest BCUT2D eigenvalue weighted by molar-refractivity contribution is -0.132. The quantitative estimate of drug-likeness (QED) is 0.839.